The molecule has 1 rings (SSSR count). The fraction of sp³-hybridized carbons (Fsp3) is 0.467. The first-order valence-corrected chi connectivity index (χ1v) is 6.23. The van der Waals surface area contributed by atoms with Gasteiger partial charge in [0, 0.05) is 23.4 Å². The van der Waals surface area contributed by atoms with Gasteiger partial charge in [0.25, 0.3) is 0 Å². The number of aromatic nitrogens is 1. The van der Waals surface area contributed by atoms with E-state index in [4.69, 9.17) is 0 Å². The Kier molecular flexibility index (Phi) is 5.61. The average Bonchev–Trinajstić information content (AvgIpc) is 2.28. The monoisotopic (exact) mass is 231 g/mol. The van der Waals surface area contributed by atoms with E-state index in [0.29, 0.717) is 6.42 Å². The van der Waals surface area contributed by atoms with Crippen molar-refractivity contribution in [2.24, 2.45) is 0 Å². The summed E-state index contributed by atoms with van der Waals surface area (Å²) in [6.07, 6.45) is 6.77. The van der Waals surface area contributed by atoms with Gasteiger partial charge >= 0.3 is 0 Å². The third kappa shape index (κ3) is 4.51. The molecule has 0 aliphatic carbocycles. The third-order valence-electron chi connectivity index (χ3n) is 2.84. The van der Waals surface area contributed by atoms with E-state index in [1.807, 2.05) is 32.1 Å². The van der Waals surface area contributed by atoms with Crippen molar-refractivity contribution >= 4 is 5.78 Å². The molecule has 0 aliphatic heterocycles. The van der Waals surface area contributed by atoms with Gasteiger partial charge in [-0.15, -0.1) is 6.58 Å². The summed E-state index contributed by atoms with van der Waals surface area (Å²) in [4.78, 5) is 16.3. The molecule has 0 N–H and O–H groups in total. The third-order valence-corrected chi connectivity index (χ3v) is 2.84. The Morgan fingerprint density at radius 2 is 2.06 bits per heavy atom. The summed E-state index contributed by atoms with van der Waals surface area (Å²) in [6.45, 7) is 7.53. The lowest BCUT2D eigenvalue weighted by atomic mass is 10.0. The Labute approximate surface area is 104 Å². The summed E-state index contributed by atoms with van der Waals surface area (Å²) in [5, 5.41) is 0. The molecule has 0 aliphatic rings. The average molecular weight is 231 g/mol. The van der Waals surface area contributed by atoms with Crippen molar-refractivity contribution in [2.45, 2.75) is 46.0 Å². The van der Waals surface area contributed by atoms with E-state index in [-0.39, 0.29) is 5.78 Å². The molecule has 2 heteroatoms. The number of allylic oxidation sites excluding steroid dienone is 1. The number of nitrogens with zero attached hydrogens (tertiary/aromatic N) is 1. The first-order valence-electron chi connectivity index (χ1n) is 6.23. The second kappa shape index (κ2) is 7.00. The van der Waals surface area contributed by atoms with Gasteiger partial charge < -0.3 is 0 Å². The molecule has 0 fully saturated rings. The first kappa shape index (κ1) is 13.6. The molecule has 2 nitrogen and oxygen atoms in total. The van der Waals surface area contributed by atoms with Gasteiger partial charge in [0.15, 0.2) is 5.78 Å². The maximum Gasteiger partial charge on any atom is 0.164 e. The molecule has 0 aromatic carbocycles. The van der Waals surface area contributed by atoms with Crippen LogP contribution in [0.1, 0.15) is 53.8 Å². The molecule has 0 radical (unpaired) electrons. The van der Waals surface area contributed by atoms with Crippen LogP contribution < -0.4 is 0 Å². The van der Waals surface area contributed by atoms with Gasteiger partial charge in [-0.2, -0.15) is 0 Å². The predicted octanol–water partition coefficient (Wildman–Crippen LogP) is 4.02. The molecule has 1 aromatic heterocycles. The highest BCUT2D eigenvalue weighted by Gasteiger charge is 2.09. The van der Waals surface area contributed by atoms with Crippen LogP contribution in [0.4, 0.5) is 0 Å². The number of pyridine rings is 1. The summed E-state index contributed by atoms with van der Waals surface area (Å²) in [7, 11) is 0. The maximum absolute atomic E-state index is 11.9. The number of unbranched alkanes of at least 4 members (excludes halogenated alkanes) is 3. The topological polar surface area (TPSA) is 30.0 Å². The van der Waals surface area contributed by atoms with Crippen molar-refractivity contribution in [1.29, 1.82) is 0 Å². The lowest BCUT2D eigenvalue weighted by Crippen LogP contribution is -2.04. The van der Waals surface area contributed by atoms with Gasteiger partial charge in [-0.25, -0.2) is 0 Å². The molecule has 0 spiro atoms. The standard InChI is InChI=1S/C15H21NO/c1-4-5-6-7-8-9-15(17)14-11-10-12(2)16-13(14)3/h4,10-11H,1,5-9H2,2-3H3. The van der Waals surface area contributed by atoms with Crippen LogP contribution >= 0.6 is 0 Å². The minimum absolute atomic E-state index is 0.216. The minimum atomic E-state index is 0.216. The number of carbonyl (C=O) groups is 1. The van der Waals surface area contributed by atoms with Crippen LogP contribution in [0.25, 0.3) is 0 Å². The normalized spacial score (nSPS) is 10.2. The number of hydrogen-bond donors (Lipinski definition) is 0. The zero-order valence-corrected chi connectivity index (χ0v) is 10.8. The van der Waals surface area contributed by atoms with Crippen LogP contribution in [0.5, 0.6) is 0 Å². The second-order valence-corrected chi connectivity index (χ2v) is 4.40. The zero-order chi connectivity index (χ0) is 12.7. The van der Waals surface area contributed by atoms with Crippen LogP contribution in [0.15, 0.2) is 24.8 Å². The summed E-state index contributed by atoms with van der Waals surface area (Å²) in [6, 6.07) is 3.79. The summed E-state index contributed by atoms with van der Waals surface area (Å²) < 4.78 is 0. The number of ketones is 1. The number of carbonyl (C=O) groups excluding carboxylic acids is 1. The van der Waals surface area contributed by atoms with E-state index in [1.54, 1.807) is 0 Å². The lowest BCUT2D eigenvalue weighted by molar-refractivity contribution is 0.0978. The Bertz CT molecular complexity index is 396. The SMILES string of the molecule is C=CCCCCCC(=O)c1ccc(C)nc1C. The van der Waals surface area contributed by atoms with Crippen molar-refractivity contribution in [3.63, 3.8) is 0 Å². The summed E-state index contributed by atoms with van der Waals surface area (Å²) >= 11 is 0. The van der Waals surface area contributed by atoms with Crippen LogP contribution in [0, 0.1) is 13.8 Å². The second-order valence-electron chi connectivity index (χ2n) is 4.40. The highest BCUT2D eigenvalue weighted by molar-refractivity contribution is 5.96. The molecule has 0 saturated heterocycles. The lowest BCUT2D eigenvalue weighted by Gasteiger charge is -2.05. The molecule has 0 amide bonds. The van der Waals surface area contributed by atoms with Gasteiger partial charge in [0.05, 0.1) is 0 Å². The highest BCUT2D eigenvalue weighted by atomic mass is 16.1. The quantitative estimate of drug-likeness (QED) is 0.403. The molecule has 0 saturated carbocycles. The van der Waals surface area contributed by atoms with Crippen LogP contribution in [-0.2, 0) is 0 Å². The van der Waals surface area contributed by atoms with Crippen LogP contribution in [0.2, 0.25) is 0 Å². The highest BCUT2D eigenvalue weighted by Crippen LogP contribution is 2.12. The number of aryl methyl sites for hydroxylation is 2. The maximum atomic E-state index is 11.9. The molecule has 1 aromatic rings. The molecular formula is C15H21NO. The van der Waals surface area contributed by atoms with Crippen LogP contribution in [0.3, 0.4) is 0 Å². The Hall–Kier alpha value is -1.44. The molecule has 0 bridgehead atoms. The summed E-state index contributed by atoms with van der Waals surface area (Å²) in [5.74, 6) is 0.216. The van der Waals surface area contributed by atoms with Crippen LogP contribution in [-0.4, -0.2) is 10.8 Å². The Balaban J connectivity index is 2.44. The molecule has 0 unspecified atom stereocenters. The van der Waals surface area contributed by atoms with Gasteiger partial charge in [0.2, 0.25) is 0 Å². The summed E-state index contributed by atoms with van der Waals surface area (Å²) in [5.41, 5.74) is 2.59. The van der Waals surface area contributed by atoms with Crippen molar-refractivity contribution in [3.8, 4) is 0 Å². The van der Waals surface area contributed by atoms with Crippen molar-refractivity contribution in [2.75, 3.05) is 0 Å². The Morgan fingerprint density at radius 3 is 2.71 bits per heavy atom. The van der Waals surface area contributed by atoms with E-state index < -0.39 is 0 Å². The van der Waals surface area contributed by atoms with E-state index in [9.17, 15) is 4.79 Å². The van der Waals surface area contributed by atoms with Gasteiger partial charge in [0.1, 0.15) is 0 Å². The minimum Gasteiger partial charge on any atom is -0.294 e. The van der Waals surface area contributed by atoms with Crippen molar-refractivity contribution in [3.05, 3.63) is 41.7 Å². The molecular weight excluding hydrogens is 210 g/mol. The van der Waals surface area contributed by atoms with E-state index in [0.717, 1.165) is 42.6 Å². The number of hydrogen-bond acceptors (Lipinski definition) is 2. The largest absolute Gasteiger partial charge is 0.294 e. The van der Waals surface area contributed by atoms with E-state index in [1.165, 1.54) is 0 Å². The predicted molar refractivity (Wildman–Crippen MR) is 71.3 cm³/mol. The molecule has 0 atom stereocenters. The molecule has 17 heavy (non-hydrogen) atoms. The molecule has 1 heterocycles. The fourth-order valence-corrected chi connectivity index (χ4v) is 1.87. The number of rotatable bonds is 7. The Morgan fingerprint density at radius 1 is 1.29 bits per heavy atom. The molecule has 92 valence electrons. The van der Waals surface area contributed by atoms with Gasteiger partial charge in [-0.05, 0) is 45.2 Å². The number of Topliss-reactive ketones (excluding diaryl/α,β-unsaturated/α-hetero) is 1. The van der Waals surface area contributed by atoms with Gasteiger partial charge in [-0.1, -0.05) is 12.5 Å². The van der Waals surface area contributed by atoms with Gasteiger partial charge in [-0.3, -0.25) is 9.78 Å². The van der Waals surface area contributed by atoms with E-state index >= 15 is 0 Å². The van der Waals surface area contributed by atoms with E-state index in [2.05, 4.69) is 11.6 Å². The van der Waals surface area contributed by atoms with Crippen molar-refractivity contribution < 1.29 is 4.79 Å². The first-order chi connectivity index (χ1) is 8.15. The fourth-order valence-electron chi connectivity index (χ4n) is 1.87. The zero-order valence-electron chi connectivity index (χ0n) is 10.8. The van der Waals surface area contributed by atoms with Crippen molar-refractivity contribution in [1.82, 2.24) is 4.98 Å². The smallest absolute Gasteiger partial charge is 0.164 e.